The van der Waals surface area contributed by atoms with Crippen molar-refractivity contribution < 1.29 is 14.0 Å². The Morgan fingerprint density at radius 3 is 2.58 bits per heavy atom. The largest absolute Gasteiger partial charge is 0.343 e. The first kappa shape index (κ1) is 22.3. The highest BCUT2D eigenvalue weighted by molar-refractivity contribution is 5.99. The molecule has 162 valence electrons. The molecule has 0 fully saturated rings. The van der Waals surface area contributed by atoms with Gasteiger partial charge in [-0.3, -0.25) is 14.6 Å². The molecule has 0 radical (unpaired) electrons. The van der Waals surface area contributed by atoms with E-state index in [1.165, 1.54) is 12.1 Å². The molecule has 0 bridgehead atoms. The van der Waals surface area contributed by atoms with Crippen molar-refractivity contribution in [2.75, 3.05) is 11.9 Å². The van der Waals surface area contributed by atoms with Gasteiger partial charge in [-0.05, 0) is 61.3 Å². The molecule has 0 saturated heterocycles. The van der Waals surface area contributed by atoms with Crippen molar-refractivity contribution in [3.63, 3.8) is 0 Å². The fourth-order valence-corrected chi connectivity index (χ4v) is 3.20. The van der Waals surface area contributed by atoms with E-state index in [1.54, 1.807) is 30.5 Å². The van der Waals surface area contributed by atoms with Crippen LogP contribution in [0.3, 0.4) is 0 Å². The van der Waals surface area contributed by atoms with Crippen LogP contribution in [0.2, 0.25) is 0 Å². The lowest BCUT2D eigenvalue weighted by molar-refractivity contribution is -0.127. The number of carbonyl (C=O) groups excluding carboxylic acids is 2. The van der Waals surface area contributed by atoms with Gasteiger partial charge in [0, 0.05) is 23.7 Å². The van der Waals surface area contributed by atoms with E-state index in [2.05, 4.69) is 15.6 Å². The summed E-state index contributed by atoms with van der Waals surface area (Å²) in [4.78, 5) is 29.8. The van der Waals surface area contributed by atoms with Gasteiger partial charge in [-0.15, -0.1) is 0 Å². The molecular formula is C23H26FN5O2. The lowest BCUT2D eigenvalue weighted by Crippen LogP contribution is -2.51. The molecule has 2 amide bonds. The average Bonchev–Trinajstić information content (AvgIpc) is 2.78. The maximum Gasteiger partial charge on any atom is 0.247 e. The van der Waals surface area contributed by atoms with Gasteiger partial charge in [-0.25, -0.2) is 4.39 Å². The number of pyridine rings is 1. The Bertz CT molecular complexity index is 1040. The van der Waals surface area contributed by atoms with E-state index in [4.69, 9.17) is 11.5 Å². The fourth-order valence-electron chi connectivity index (χ4n) is 3.20. The van der Waals surface area contributed by atoms with Crippen LogP contribution in [-0.4, -0.2) is 35.4 Å². The van der Waals surface area contributed by atoms with Crippen molar-refractivity contribution in [1.82, 2.24) is 10.3 Å². The second-order valence-electron chi connectivity index (χ2n) is 7.33. The zero-order chi connectivity index (χ0) is 22.2. The number of fused-ring (bicyclic) bond motifs is 1. The van der Waals surface area contributed by atoms with Gasteiger partial charge in [0.05, 0.1) is 11.6 Å². The molecule has 6 N–H and O–H groups in total. The number of hydrogen-bond donors (Lipinski definition) is 4. The summed E-state index contributed by atoms with van der Waals surface area (Å²) in [5, 5.41) is 6.44. The zero-order valence-corrected chi connectivity index (χ0v) is 17.1. The highest BCUT2D eigenvalue weighted by Crippen LogP contribution is 2.17. The predicted octanol–water partition coefficient (Wildman–Crippen LogP) is 2.11. The van der Waals surface area contributed by atoms with Crippen LogP contribution in [0.1, 0.15) is 18.4 Å². The number of nitrogens with two attached hydrogens (primary N) is 2. The van der Waals surface area contributed by atoms with Crippen LogP contribution in [0.4, 0.5) is 10.1 Å². The number of aromatic nitrogens is 1. The van der Waals surface area contributed by atoms with Crippen molar-refractivity contribution in [1.29, 1.82) is 0 Å². The maximum atomic E-state index is 13.3. The van der Waals surface area contributed by atoms with Gasteiger partial charge in [0.1, 0.15) is 11.9 Å². The van der Waals surface area contributed by atoms with Crippen LogP contribution >= 0.6 is 0 Å². The van der Waals surface area contributed by atoms with Crippen molar-refractivity contribution in [3.8, 4) is 0 Å². The van der Waals surface area contributed by atoms with E-state index in [0.717, 1.165) is 10.9 Å². The van der Waals surface area contributed by atoms with Gasteiger partial charge < -0.3 is 22.1 Å². The Morgan fingerprint density at radius 2 is 1.84 bits per heavy atom. The molecule has 0 aliphatic carbocycles. The predicted molar refractivity (Wildman–Crippen MR) is 119 cm³/mol. The first-order chi connectivity index (χ1) is 15.0. The Kier molecular flexibility index (Phi) is 7.64. The average molecular weight is 423 g/mol. The molecule has 0 aliphatic rings. The van der Waals surface area contributed by atoms with E-state index in [1.807, 2.05) is 18.2 Å². The molecular weight excluding hydrogens is 397 g/mol. The van der Waals surface area contributed by atoms with E-state index in [9.17, 15) is 14.0 Å². The third kappa shape index (κ3) is 6.31. The van der Waals surface area contributed by atoms with Crippen LogP contribution in [0.5, 0.6) is 0 Å². The summed E-state index contributed by atoms with van der Waals surface area (Å²) in [5.41, 5.74) is 13.5. The smallest absolute Gasteiger partial charge is 0.247 e. The van der Waals surface area contributed by atoms with Crippen molar-refractivity contribution in [2.24, 2.45) is 11.5 Å². The molecule has 0 spiro atoms. The molecule has 1 heterocycles. The van der Waals surface area contributed by atoms with Crippen molar-refractivity contribution in [2.45, 2.75) is 31.3 Å². The van der Waals surface area contributed by atoms with Gasteiger partial charge in [-0.1, -0.05) is 18.2 Å². The molecule has 0 aliphatic heterocycles. The SMILES string of the molecule is NCCC[C@H](N)C(=O)N[C@H](Cc1ccc(F)cc1)C(=O)Nc1ccc2ncccc2c1. The fraction of sp³-hybridized carbons (Fsp3) is 0.261. The quantitative estimate of drug-likeness (QED) is 0.420. The maximum absolute atomic E-state index is 13.3. The molecule has 1 aromatic heterocycles. The van der Waals surface area contributed by atoms with E-state index in [0.29, 0.717) is 30.6 Å². The second-order valence-corrected chi connectivity index (χ2v) is 7.33. The van der Waals surface area contributed by atoms with Gasteiger partial charge in [0.2, 0.25) is 11.8 Å². The highest BCUT2D eigenvalue weighted by Gasteiger charge is 2.24. The van der Waals surface area contributed by atoms with Crippen LogP contribution in [-0.2, 0) is 16.0 Å². The Labute approximate surface area is 180 Å². The van der Waals surface area contributed by atoms with Crippen LogP contribution in [0.15, 0.2) is 60.8 Å². The van der Waals surface area contributed by atoms with Crippen molar-refractivity contribution in [3.05, 3.63) is 72.2 Å². The number of benzene rings is 2. The first-order valence-electron chi connectivity index (χ1n) is 10.1. The van der Waals surface area contributed by atoms with E-state index < -0.39 is 23.9 Å². The first-order valence-corrected chi connectivity index (χ1v) is 10.1. The monoisotopic (exact) mass is 423 g/mol. The van der Waals surface area contributed by atoms with Crippen LogP contribution < -0.4 is 22.1 Å². The number of carbonyl (C=O) groups is 2. The summed E-state index contributed by atoms with van der Waals surface area (Å²) in [6.45, 7) is 0.428. The Hall–Kier alpha value is -3.36. The minimum absolute atomic E-state index is 0.191. The van der Waals surface area contributed by atoms with Crippen molar-refractivity contribution >= 4 is 28.4 Å². The summed E-state index contributed by atoms with van der Waals surface area (Å²) >= 11 is 0. The molecule has 2 atom stereocenters. The molecule has 31 heavy (non-hydrogen) atoms. The number of halogens is 1. The summed E-state index contributed by atoms with van der Waals surface area (Å²) in [5.74, 6) is -1.20. The minimum Gasteiger partial charge on any atom is -0.343 e. The number of amides is 2. The normalized spacial score (nSPS) is 12.9. The van der Waals surface area contributed by atoms with Crippen LogP contribution in [0, 0.1) is 5.82 Å². The van der Waals surface area contributed by atoms with Gasteiger partial charge in [0.25, 0.3) is 0 Å². The van der Waals surface area contributed by atoms with E-state index >= 15 is 0 Å². The lowest BCUT2D eigenvalue weighted by Gasteiger charge is -2.21. The number of rotatable bonds is 9. The Balaban J connectivity index is 1.76. The molecule has 2 aromatic carbocycles. The second kappa shape index (κ2) is 10.6. The standard InChI is InChI=1S/C23H26FN5O2/c24-17-7-5-15(6-8-17)13-21(29-22(30)19(26)4-1-11-25)23(31)28-18-9-10-20-16(14-18)3-2-12-27-20/h2-3,5-10,12,14,19,21H,1,4,11,13,25-26H2,(H,28,31)(H,29,30)/t19-,21+/m0/s1. The summed E-state index contributed by atoms with van der Waals surface area (Å²) in [6.07, 6.45) is 2.92. The zero-order valence-electron chi connectivity index (χ0n) is 17.1. The number of nitrogens with zero attached hydrogens (tertiary/aromatic N) is 1. The molecule has 3 aromatic rings. The number of hydrogen-bond acceptors (Lipinski definition) is 5. The number of nitrogens with one attached hydrogen (secondary N) is 2. The molecule has 0 saturated carbocycles. The third-order valence-corrected chi connectivity index (χ3v) is 4.91. The summed E-state index contributed by atoms with van der Waals surface area (Å²) < 4.78 is 13.3. The summed E-state index contributed by atoms with van der Waals surface area (Å²) in [7, 11) is 0. The highest BCUT2D eigenvalue weighted by atomic mass is 19.1. The molecule has 8 heteroatoms. The van der Waals surface area contributed by atoms with Gasteiger partial charge in [0.15, 0.2) is 0 Å². The molecule has 7 nitrogen and oxygen atoms in total. The third-order valence-electron chi connectivity index (χ3n) is 4.91. The van der Waals surface area contributed by atoms with Gasteiger partial charge >= 0.3 is 0 Å². The minimum atomic E-state index is -0.883. The van der Waals surface area contributed by atoms with Crippen LogP contribution in [0.25, 0.3) is 10.9 Å². The number of anilines is 1. The summed E-state index contributed by atoms with van der Waals surface area (Å²) in [6, 6.07) is 13.2. The molecule has 0 unspecified atom stereocenters. The Morgan fingerprint density at radius 1 is 1.06 bits per heavy atom. The topological polar surface area (TPSA) is 123 Å². The van der Waals surface area contributed by atoms with Gasteiger partial charge in [-0.2, -0.15) is 0 Å². The lowest BCUT2D eigenvalue weighted by atomic mass is 10.0. The molecule has 3 rings (SSSR count). The van der Waals surface area contributed by atoms with E-state index in [-0.39, 0.29) is 12.2 Å².